The van der Waals surface area contributed by atoms with Crippen LogP contribution in [0.1, 0.15) is 33.6 Å². The van der Waals surface area contributed by atoms with Crippen LogP contribution < -0.4 is 0 Å². The van der Waals surface area contributed by atoms with E-state index >= 15 is 0 Å². The molecule has 0 heterocycles. The van der Waals surface area contributed by atoms with E-state index in [-0.39, 0.29) is 0 Å². The van der Waals surface area contributed by atoms with Gasteiger partial charge in [-0.25, -0.2) is 0 Å². The third kappa shape index (κ3) is 6.90. The van der Waals surface area contributed by atoms with Gasteiger partial charge in [-0.1, -0.05) is 68.6 Å². The molecule has 0 aliphatic heterocycles. The first kappa shape index (κ1) is 13.4. The van der Waals surface area contributed by atoms with Crippen LogP contribution >= 0.6 is 47.8 Å². The van der Waals surface area contributed by atoms with Crippen LogP contribution in [0.25, 0.3) is 0 Å². The fraction of sp³-hybridized carbons (Fsp3) is 1.00. The predicted molar refractivity (Wildman–Crippen MR) is 67.9 cm³/mol. The molecule has 0 aliphatic carbocycles. The van der Waals surface area contributed by atoms with Crippen molar-refractivity contribution in [3.8, 4) is 0 Å². The summed E-state index contributed by atoms with van der Waals surface area (Å²) in [7, 11) is 0. The average Bonchev–Trinajstić information content (AvgIpc) is 1.83. The summed E-state index contributed by atoms with van der Waals surface area (Å²) in [4.78, 5) is 1.85. The second kappa shape index (κ2) is 6.83. The molecule has 0 rings (SSSR count). The summed E-state index contributed by atoms with van der Waals surface area (Å²) in [5.41, 5.74) is 0. The predicted octanol–water partition coefficient (Wildman–Crippen LogP) is 4.73. The van der Waals surface area contributed by atoms with Crippen molar-refractivity contribution < 1.29 is 0 Å². The van der Waals surface area contributed by atoms with Gasteiger partial charge in [-0.3, -0.25) is 0 Å². The second-order valence-electron chi connectivity index (χ2n) is 3.47. The van der Waals surface area contributed by atoms with Crippen LogP contribution in [0.4, 0.5) is 0 Å². The molecule has 74 valence electrons. The highest BCUT2D eigenvalue weighted by Crippen LogP contribution is 2.27. The number of halogens is 3. The Balaban J connectivity index is 3.87. The normalized spacial score (nSPS) is 21.5. The molecule has 3 atom stereocenters. The Bertz CT molecular complexity index is 100. The number of hydrogen-bond acceptors (Lipinski definition) is 0. The van der Waals surface area contributed by atoms with Gasteiger partial charge in [0.25, 0.3) is 0 Å². The number of rotatable bonds is 5. The van der Waals surface area contributed by atoms with Crippen molar-refractivity contribution in [3.05, 3.63) is 0 Å². The van der Waals surface area contributed by atoms with Crippen LogP contribution in [0, 0.1) is 5.92 Å². The SMILES string of the molecule is CC(Br)CC(CC(C)Br)C(C)Br. The van der Waals surface area contributed by atoms with E-state index in [4.69, 9.17) is 0 Å². The molecule has 0 aromatic rings. The van der Waals surface area contributed by atoms with Gasteiger partial charge in [0.1, 0.15) is 0 Å². The Morgan fingerprint density at radius 2 is 1.17 bits per heavy atom. The van der Waals surface area contributed by atoms with E-state index in [0.717, 1.165) is 5.92 Å². The zero-order valence-electron chi connectivity index (χ0n) is 7.86. The van der Waals surface area contributed by atoms with E-state index in [9.17, 15) is 0 Å². The molecule has 0 N–H and O–H groups in total. The zero-order valence-corrected chi connectivity index (χ0v) is 12.6. The van der Waals surface area contributed by atoms with Gasteiger partial charge in [-0.15, -0.1) is 0 Å². The fourth-order valence-corrected chi connectivity index (χ4v) is 2.70. The van der Waals surface area contributed by atoms with Gasteiger partial charge in [0.15, 0.2) is 0 Å². The van der Waals surface area contributed by atoms with Crippen molar-refractivity contribution in [1.29, 1.82) is 0 Å². The maximum atomic E-state index is 3.66. The first-order valence-electron chi connectivity index (χ1n) is 4.35. The molecule has 0 saturated heterocycles. The minimum absolute atomic E-state index is 0.609. The molecule has 3 unspecified atom stereocenters. The van der Waals surface area contributed by atoms with Crippen LogP contribution in [-0.2, 0) is 0 Å². The summed E-state index contributed by atoms with van der Waals surface area (Å²) in [6.07, 6.45) is 2.48. The van der Waals surface area contributed by atoms with Crippen molar-refractivity contribution in [3.63, 3.8) is 0 Å². The van der Waals surface area contributed by atoms with Crippen molar-refractivity contribution in [2.24, 2.45) is 5.92 Å². The van der Waals surface area contributed by atoms with Crippen molar-refractivity contribution in [2.75, 3.05) is 0 Å². The van der Waals surface area contributed by atoms with Gasteiger partial charge in [-0.05, 0) is 18.8 Å². The summed E-state index contributed by atoms with van der Waals surface area (Å²) in [5, 5.41) is 0. The zero-order chi connectivity index (χ0) is 9.72. The Hall–Kier alpha value is 1.44. The first-order valence-corrected chi connectivity index (χ1v) is 7.10. The lowest BCUT2D eigenvalue weighted by molar-refractivity contribution is 0.456. The molecule has 0 saturated carbocycles. The van der Waals surface area contributed by atoms with Gasteiger partial charge in [0, 0.05) is 14.5 Å². The molecule has 0 aromatic carbocycles. The average molecular weight is 365 g/mol. The summed E-state index contributed by atoms with van der Waals surface area (Å²) in [5.74, 6) is 0.758. The third-order valence-corrected chi connectivity index (χ3v) is 3.40. The monoisotopic (exact) mass is 362 g/mol. The van der Waals surface area contributed by atoms with Gasteiger partial charge in [-0.2, -0.15) is 0 Å². The molecule has 12 heavy (non-hydrogen) atoms. The molecule has 0 amide bonds. The summed E-state index contributed by atoms with van der Waals surface area (Å²) in [6, 6.07) is 0. The molecular weight excluding hydrogens is 348 g/mol. The van der Waals surface area contributed by atoms with E-state index in [1.54, 1.807) is 0 Å². The quantitative estimate of drug-likeness (QED) is 0.618. The summed E-state index contributed by atoms with van der Waals surface area (Å²) >= 11 is 10.9. The lowest BCUT2D eigenvalue weighted by Crippen LogP contribution is -2.17. The highest BCUT2D eigenvalue weighted by atomic mass is 79.9. The van der Waals surface area contributed by atoms with Crippen molar-refractivity contribution in [2.45, 2.75) is 48.1 Å². The standard InChI is InChI=1S/C9H17Br3/c1-6(10)4-9(8(3)12)5-7(2)11/h6-9H,4-5H2,1-3H3. The number of hydrogen-bond donors (Lipinski definition) is 0. The minimum Gasteiger partial charge on any atom is -0.0894 e. The topological polar surface area (TPSA) is 0 Å². The van der Waals surface area contributed by atoms with Crippen LogP contribution in [0.15, 0.2) is 0 Å². The Morgan fingerprint density at radius 1 is 0.833 bits per heavy atom. The first-order chi connectivity index (χ1) is 5.43. The molecule has 0 nitrogen and oxygen atoms in total. The highest BCUT2D eigenvalue weighted by molar-refractivity contribution is 9.10. The Morgan fingerprint density at radius 3 is 1.33 bits per heavy atom. The molecule has 0 aromatic heterocycles. The molecule has 3 heteroatoms. The summed E-state index contributed by atoms with van der Waals surface area (Å²) < 4.78 is 0. The Kier molecular flexibility index (Phi) is 7.65. The van der Waals surface area contributed by atoms with Crippen LogP contribution in [0.3, 0.4) is 0 Å². The van der Waals surface area contributed by atoms with Crippen LogP contribution in [-0.4, -0.2) is 14.5 Å². The van der Waals surface area contributed by atoms with Crippen molar-refractivity contribution >= 4 is 47.8 Å². The van der Waals surface area contributed by atoms with Gasteiger partial charge in [0.05, 0.1) is 0 Å². The van der Waals surface area contributed by atoms with Crippen molar-refractivity contribution in [1.82, 2.24) is 0 Å². The van der Waals surface area contributed by atoms with E-state index in [1.807, 2.05) is 0 Å². The lowest BCUT2D eigenvalue weighted by atomic mass is 9.96. The minimum atomic E-state index is 0.609. The molecule has 0 bridgehead atoms. The van der Waals surface area contributed by atoms with E-state index in [0.29, 0.717) is 14.5 Å². The second-order valence-corrected chi connectivity index (χ2v) is 8.04. The molecular formula is C9H17Br3. The molecule has 0 fully saturated rings. The smallest absolute Gasteiger partial charge is 0.0146 e. The molecule has 0 aliphatic rings. The van der Waals surface area contributed by atoms with Gasteiger partial charge >= 0.3 is 0 Å². The maximum Gasteiger partial charge on any atom is 0.0146 e. The maximum absolute atomic E-state index is 3.66. The summed E-state index contributed by atoms with van der Waals surface area (Å²) in [6.45, 7) is 6.65. The van der Waals surface area contributed by atoms with Gasteiger partial charge in [0.2, 0.25) is 0 Å². The number of alkyl halides is 3. The Labute approximate surface area is 101 Å². The highest BCUT2D eigenvalue weighted by Gasteiger charge is 2.18. The van der Waals surface area contributed by atoms with E-state index < -0.39 is 0 Å². The fourth-order valence-electron chi connectivity index (χ4n) is 1.31. The lowest BCUT2D eigenvalue weighted by Gasteiger charge is -2.22. The molecule has 0 spiro atoms. The molecule has 0 radical (unpaired) electrons. The largest absolute Gasteiger partial charge is 0.0894 e. The van der Waals surface area contributed by atoms with E-state index in [1.165, 1.54) is 12.8 Å². The van der Waals surface area contributed by atoms with Gasteiger partial charge < -0.3 is 0 Å². The third-order valence-electron chi connectivity index (χ3n) is 1.90. The van der Waals surface area contributed by atoms with Crippen LogP contribution in [0.2, 0.25) is 0 Å². The van der Waals surface area contributed by atoms with Crippen LogP contribution in [0.5, 0.6) is 0 Å². The van der Waals surface area contributed by atoms with E-state index in [2.05, 4.69) is 68.6 Å².